The van der Waals surface area contributed by atoms with E-state index in [0.717, 1.165) is 21.6 Å². The van der Waals surface area contributed by atoms with Crippen molar-refractivity contribution in [2.24, 2.45) is 7.05 Å². The van der Waals surface area contributed by atoms with E-state index in [1.54, 1.807) is 12.3 Å². The van der Waals surface area contributed by atoms with Crippen LogP contribution in [-0.2, 0) is 22.5 Å². The van der Waals surface area contributed by atoms with E-state index in [1.807, 2.05) is 39.8 Å². The van der Waals surface area contributed by atoms with Crippen LogP contribution in [0.5, 0.6) is 0 Å². The summed E-state index contributed by atoms with van der Waals surface area (Å²) in [5.41, 5.74) is -0.453. The molecule has 10 heteroatoms. The molecule has 0 amide bonds. The zero-order chi connectivity index (χ0) is 20.5. The molecule has 1 aliphatic rings. The molecule has 0 radical (unpaired) electrons. The Kier molecular flexibility index (Phi) is 3.96. The Hall–Kier alpha value is -2.33. The lowest BCUT2D eigenvalue weighted by Crippen LogP contribution is -2.41. The van der Waals surface area contributed by atoms with Gasteiger partial charge in [0.2, 0.25) is 0 Å². The first-order valence-corrected chi connectivity index (χ1v) is 8.85. The van der Waals surface area contributed by atoms with Gasteiger partial charge in [-0.2, -0.15) is 23.4 Å². The molecule has 28 heavy (non-hydrogen) atoms. The number of rotatable bonds is 2. The fourth-order valence-corrected chi connectivity index (χ4v) is 3.19. The van der Waals surface area contributed by atoms with Crippen molar-refractivity contribution < 1.29 is 22.5 Å². The van der Waals surface area contributed by atoms with Gasteiger partial charge < -0.3 is 9.31 Å². The van der Waals surface area contributed by atoms with Gasteiger partial charge in [0, 0.05) is 24.7 Å². The molecule has 148 valence electrons. The fraction of sp³-hybridized carbons (Fsp3) is 0.444. The SMILES string of the molecule is Cn1nc(-n2cc3c(B4OC(C)(C)C(C)(C)O4)cccc3n2)cc1C(F)(F)F. The molecular weight excluding hydrogens is 372 g/mol. The quantitative estimate of drug-likeness (QED) is 0.630. The lowest BCUT2D eigenvalue weighted by Gasteiger charge is -2.32. The zero-order valence-corrected chi connectivity index (χ0v) is 16.2. The van der Waals surface area contributed by atoms with Crippen LogP contribution in [0.1, 0.15) is 33.4 Å². The summed E-state index contributed by atoms with van der Waals surface area (Å²) in [5.74, 6) is 0.0888. The molecule has 0 atom stereocenters. The summed E-state index contributed by atoms with van der Waals surface area (Å²) in [6.07, 6.45) is -2.83. The second-order valence-electron chi connectivity index (χ2n) is 7.95. The Morgan fingerprint density at radius 1 is 1.04 bits per heavy atom. The van der Waals surface area contributed by atoms with Gasteiger partial charge in [0.25, 0.3) is 0 Å². The standard InChI is InChI=1S/C18H20BF3N4O2/c1-16(2)17(3,4)28-19(27-16)12-7-6-8-13-11(12)10-26(23-13)15-9-14(18(20,21)22)25(5)24-15/h6-10H,1-5H3. The van der Waals surface area contributed by atoms with Crippen LogP contribution in [-0.4, -0.2) is 37.9 Å². The third kappa shape index (κ3) is 2.91. The number of aromatic nitrogens is 4. The van der Waals surface area contributed by atoms with Crippen molar-refractivity contribution in [1.82, 2.24) is 19.6 Å². The van der Waals surface area contributed by atoms with E-state index in [0.29, 0.717) is 5.52 Å². The molecule has 0 spiro atoms. The number of aryl methyl sites for hydroxylation is 1. The predicted octanol–water partition coefficient (Wildman–Crippen LogP) is 3.08. The monoisotopic (exact) mass is 392 g/mol. The molecule has 3 aromatic rings. The van der Waals surface area contributed by atoms with Gasteiger partial charge in [-0.15, -0.1) is 0 Å². The maximum Gasteiger partial charge on any atom is 0.495 e. The molecule has 0 N–H and O–H groups in total. The van der Waals surface area contributed by atoms with Gasteiger partial charge in [-0.25, -0.2) is 4.68 Å². The third-order valence-corrected chi connectivity index (χ3v) is 5.48. The van der Waals surface area contributed by atoms with Crippen LogP contribution in [0.15, 0.2) is 30.5 Å². The van der Waals surface area contributed by atoms with Crippen LogP contribution in [0.25, 0.3) is 16.7 Å². The molecule has 2 aromatic heterocycles. The Labute approximate surface area is 160 Å². The summed E-state index contributed by atoms with van der Waals surface area (Å²) in [4.78, 5) is 0. The molecule has 1 aliphatic heterocycles. The van der Waals surface area contributed by atoms with Crippen molar-refractivity contribution in [2.45, 2.75) is 45.1 Å². The number of hydrogen-bond acceptors (Lipinski definition) is 4. The lowest BCUT2D eigenvalue weighted by atomic mass is 9.77. The minimum Gasteiger partial charge on any atom is -0.399 e. The largest absolute Gasteiger partial charge is 0.495 e. The average molecular weight is 392 g/mol. The van der Waals surface area contributed by atoms with Crippen LogP contribution in [0.4, 0.5) is 13.2 Å². The van der Waals surface area contributed by atoms with Crippen molar-refractivity contribution in [2.75, 3.05) is 0 Å². The van der Waals surface area contributed by atoms with Crippen LogP contribution in [0.2, 0.25) is 0 Å². The molecule has 0 saturated carbocycles. The number of benzene rings is 1. The van der Waals surface area contributed by atoms with Crippen LogP contribution in [0.3, 0.4) is 0 Å². The maximum atomic E-state index is 13.1. The van der Waals surface area contributed by atoms with Crippen molar-refractivity contribution in [1.29, 1.82) is 0 Å². The first-order valence-electron chi connectivity index (χ1n) is 8.85. The van der Waals surface area contributed by atoms with E-state index >= 15 is 0 Å². The van der Waals surface area contributed by atoms with Crippen LogP contribution >= 0.6 is 0 Å². The molecule has 1 saturated heterocycles. The molecule has 0 unspecified atom stereocenters. The van der Waals surface area contributed by atoms with Crippen molar-refractivity contribution >= 4 is 23.5 Å². The first kappa shape index (κ1) is 19.0. The number of fused-ring (bicyclic) bond motifs is 1. The number of halogens is 3. The van der Waals surface area contributed by atoms with E-state index in [4.69, 9.17) is 9.31 Å². The van der Waals surface area contributed by atoms with Crippen molar-refractivity contribution in [3.05, 3.63) is 36.2 Å². The van der Waals surface area contributed by atoms with Crippen LogP contribution in [0, 0.1) is 0 Å². The summed E-state index contributed by atoms with van der Waals surface area (Å²) in [6.45, 7) is 7.85. The molecule has 4 rings (SSSR count). The molecule has 3 heterocycles. The van der Waals surface area contributed by atoms with Gasteiger partial charge >= 0.3 is 13.3 Å². The Morgan fingerprint density at radius 3 is 2.25 bits per heavy atom. The van der Waals surface area contributed by atoms with Gasteiger partial charge in [-0.3, -0.25) is 4.68 Å². The second kappa shape index (κ2) is 5.84. The average Bonchev–Trinajstić information content (AvgIpc) is 3.20. The summed E-state index contributed by atoms with van der Waals surface area (Å²) < 4.78 is 53.6. The molecule has 6 nitrogen and oxygen atoms in total. The highest BCUT2D eigenvalue weighted by atomic mass is 19.4. The second-order valence-corrected chi connectivity index (χ2v) is 7.95. The highest BCUT2D eigenvalue weighted by Gasteiger charge is 2.52. The smallest absolute Gasteiger partial charge is 0.399 e. The van der Waals surface area contributed by atoms with Gasteiger partial charge in [0.15, 0.2) is 5.82 Å². The topological polar surface area (TPSA) is 54.1 Å². The van der Waals surface area contributed by atoms with Crippen molar-refractivity contribution in [3.63, 3.8) is 0 Å². The Balaban J connectivity index is 1.77. The first-order chi connectivity index (χ1) is 12.9. The van der Waals surface area contributed by atoms with Crippen molar-refractivity contribution in [3.8, 4) is 5.82 Å². The molecule has 0 aliphatic carbocycles. The fourth-order valence-electron chi connectivity index (χ4n) is 3.19. The summed E-state index contributed by atoms with van der Waals surface area (Å²) in [5, 5.41) is 9.07. The van der Waals surface area contributed by atoms with E-state index in [2.05, 4.69) is 10.2 Å². The Bertz CT molecular complexity index is 1040. The molecule has 1 aromatic carbocycles. The molecule has 1 fully saturated rings. The number of nitrogens with zero attached hydrogens (tertiary/aromatic N) is 4. The summed E-state index contributed by atoms with van der Waals surface area (Å²) >= 11 is 0. The Morgan fingerprint density at radius 2 is 1.68 bits per heavy atom. The van der Waals surface area contributed by atoms with E-state index in [1.165, 1.54) is 11.7 Å². The van der Waals surface area contributed by atoms with Crippen LogP contribution < -0.4 is 5.46 Å². The number of hydrogen-bond donors (Lipinski definition) is 0. The van der Waals surface area contributed by atoms with E-state index in [-0.39, 0.29) is 5.82 Å². The molecular formula is C18H20BF3N4O2. The molecule has 0 bridgehead atoms. The van der Waals surface area contributed by atoms with Gasteiger partial charge in [-0.1, -0.05) is 12.1 Å². The predicted molar refractivity (Wildman–Crippen MR) is 98.6 cm³/mol. The van der Waals surface area contributed by atoms with Gasteiger partial charge in [0.1, 0.15) is 5.69 Å². The lowest BCUT2D eigenvalue weighted by molar-refractivity contribution is -0.143. The normalized spacial score (nSPS) is 18.9. The maximum absolute atomic E-state index is 13.1. The minimum atomic E-state index is -4.49. The highest BCUT2D eigenvalue weighted by Crippen LogP contribution is 2.37. The van der Waals surface area contributed by atoms with Gasteiger partial charge in [-0.05, 0) is 39.2 Å². The van der Waals surface area contributed by atoms with E-state index < -0.39 is 30.2 Å². The third-order valence-electron chi connectivity index (χ3n) is 5.48. The summed E-state index contributed by atoms with van der Waals surface area (Å²) in [6, 6.07) is 6.45. The zero-order valence-electron chi connectivity index (χ0n) is 16.2. The summed E-state index contributed by atoms with van der Waals surface area (Å²) in [7, 11) is 0.659. The van der Waals surface area contributed by atoms with Gasteiger partial charge in [0.05, 0.1) is 16.7 Å². The highest BCUT2D eigenvalue weighted by molar-refractivity contribution is 6.65. The number of alkyl halides is 3. The minimum absolute atomic E-state index is 0.0888. The van der Waals surface area contributed by atoms with E-state index in [9.17, 15) is 13.2 Å².